The van der Waals surface area contributed by atoms with Crippen LogP contribution < -0.4 is 10.5 Å². The number of nitrogens with two attached hydrogens (primary N) is 1. The highest BCUT2D eigenvalue weighted by Gasteiger charge is 2.06. The first-order chi connectivity index (χ1) is 9.06. The van der Waals surface area contributed by atoms with Crippen molar-refractivity contribution in [1.82, 2.24) is 0 Å². The molecule has 2 aromatic carbocycles. The Morgan fingerprint density at radius 1 is 1.11 bits per heavy atom. The molecule has 2 nitrogen and oxygen atoms in total. The van der Waals surface area contributed by atoms with Gasteiger partial charge in [-0.05, 0) is 35.9 Å². The largest absolute Gasteiger partial charge is 0.486 e. The van der Waals surface area contributed by atoms with Crippen LogP contribution >= 0.6 is 12.2 Å². The molecule has 2 N–H and O–H groups in total. The van der Waals surface area contributed by atoms with Crippen molar-refractivity contribution in [3.05, 3.63) is 65.2 Å². The molecule has 0 atom stereocenters. The molecule has 0 heterocycles. The molecule has 2 aromatic rings. The Labute approximate surface area is 114 Å². The summed E-state index contributed by atoms with van der Waals surface area (Å²) < 4.78 is 31.7. The van der Waals surface area contributed by atoms with E-state index in [0.717, 1.165) is 5.56 Å². The molecule has 0 saturated heterocycles. The molecule has 0 saturated carbocycles. The van der Waals surface area contributed by atoms with Gasteiger partial charge in [-0.15, -0.1) is 0 Å². The van der Waals surface area contributed by atoms with Crippen molar-refractivity contribution in [3.63, 3.8) is 0 Å². The van der Waals surface area contributed by atoms with Crippen molar-refractivity contribution >= 4 is 17.2 Å². The fourth-order valence-corrected chi connectivity index (χ4v) is 1.64. The van der Waals surface area contributed by atoms with Crippen molar-refractivity contribution in [2.45, 2.75) is 6.61 Å². The minimum absolute atomic E-state index is 0.101. The van der Waals surface area contributed by atoms with Crippen LogP contribution in [0, 0.1) is 11.6 Å². The van der Waals surface area contributed by atoms with Gasteiger partial charge in [-0.25, -0.2) is 8.78 Å². The van der Waals surface area contributed by atoms with E-state index in [1.165, 1.54) is 24.3 Å². The normalized spacial score (nSPS) is 10.2. The van der Waals surface area contributed by atoms with E-state index in [1.807, 2.05) is 0 Å². The van der Waals surface area contributed by atoms with E-state index in [4.69, 9.17) is 22.7 Å². The number of halogens is 2. The van der Waals surface area contributed by atoms with Gasteiger partial charge in [0.05, 0.1) is 0 Å². The third-order valence-electron chi connectivity index (χ3n) is 2.52. The molecule has 0 bridgehead atoms. The van der Waals surface area contributed by atoms with E-state index in [9.17, 15) is 8.78 Å². The molecular formula is C14H11F2NOS. The highest BCUT2D eigenvalue weighted by atomic mass is 32.1. The van der Waals surface area contributed by atoms with E-state index in [1.54, 1.807) is 18.2 Å². The topological polar surface area (TPSA) is 35.2 Å². The summed E-state index contributed by atoms with van der Waals surface area (Å²) in [5.41, 5.74) is 6.60. The van der Waals surface area contributed by atoms with Crippen molar-refractivity contribution in [3.8, 4) is 5.75 Å². The Morgan fingerprint density at radius 3 is 2.37 bits per heavy atom. The zero-order valence-corrected chi connectivity index (χ0v) is 10.7. The Morgan fingerprint density at radius 2 is 1.79 bits per heavy atom. The molecule has 0 aliphatic heterocycles. The molecule has 0 radical (unpaired) electrons. The first kappa shape index (κ1) is 13.4. The second kappa shape index (κ2) is 5.75. The van der Waals surface area contributed by atoms with Gasteiger partial charge in [0.2, 0.25) is 0 Å². The zero-order valence-electron chi connectivity index (χ0n) is 9.90. The summed E-state index contributed by atoms with van der Waals surface area (Å²) in [7, 11) is 0. The van der Waals surface area contributed by atoms with E-state index >= 15 is 0 Å². The van der Waals surface area contributed by atoms with Gasteiger partial charge in [0, 0.05) is 5.56 Å². The molecule has 0 amide bonds. The van der Waals surface area contributed by atoms with Crippen LogP contribution in [0.4, 0.5) is 8.78 Å². The van der Waals surface area contributed by atoms with Crippen molar-refractivity contribution < 1.29 is 13.5 Å². The third-order valence-corrected chi connectivity index (χ3v) is 2.76. The summed E-state index contributed by atoms with van der Waals surface area (Å²) in [6.45, 7) is 0.156. The third kappa shape index (κ3) is 3.48. The molecule has 0 spiro atoms. The number of hydrogen-bond donors (Lipinski definition) is 1. The lowest BCUT2D eigenvalue weighted by molar-refractivity contribution is 0.290. The first-order valence-corrected chi connectivity index (χ1v) is 5.93. The standard InChI is InChI=1S/C14H11F2NOS/c15-11-4-1-9(2-5-11)8-18-13-6-3-10(14(17)19)7-12(13)16/h1-7H,8H2,(H2,17,19). The molecular weight excluding hydrogens is 268 g/mol. The van der Waals surface area contributed by atoms with Crippen LogP contribution in [0.25, 0.3) is 0 Å². The summed E-state index contributed by atoms with van der Waals surface area (Å²) >= 11 is 4.75. The number of ether oxygens (including phenoxy) is 1. The van der Waals surface area contributed by atoms with Gasteiger partial charge in [0.1, 0.15) is 17.4 Å². The highest BCUT2D eigenvalue weighted by Crippen LogP contribution is 2.19. The predicted molar refractivity (Wildman–Crippen MR) is 73.0 cm³/mol. The van der Waals surface area contributed by atoms with E-state index < -0.39 is 5.82 Å². The smallest absolute Gasteiger partial charge is 0.165 e. The average molecular weight is 279 g/mol. The van der Waals surface area contributed by atoms with Crippen LogP contribution in [-0.4, -0.2) is 4.99 Å². The zero-order chi connectivity index (χ0) is 13.8. The lowest BCUT2D eigenvalue weighted by Gasteiger charge is -2.08. The molecule has 0 fully saturated rings. The van der Waals surface area contributed by atoms with Gasteiger partial charge in [0.25, 0.3) is 0 Å². The Kier molecular flexibility index (Phi) is 4.06. The summed E-state index contributed by atoms with van der Waals surface area (Å²) in [5, 5.41) is 0. The van der Waals surface area contributed by atoms with Crippen LogP contribution in [0.3, 0.4) is 0 Å². The summed E-state index contributed by atoms with van der Waals surface area (Å²) in [5.74, 6) is -0.757. The molecule has 2 rings (SSSR count). The lowest BCUT2D eigenvalue weighted by atomic mass is 10.2. The quantitative estimate of drug-likeness (QED) is 0.873. The Balaban J connectivity index is 2.07. The summed E-state index contributed by atoms with van der Waals surface area (Å²) in [6, 6.07) is 10.1. The molecule has 0 aliphatic rings. The average Bonchev–Trinajstić information content (AvgIpc) is 2.39. The van der Waals surface area contributed by atoms with Crippen LogP contribution in [0.2, 0.25) is 0 Å². The SMILES string of the molecule is NC(=S)c1ccc(OCc2ccc(F)cc2)c(F)c1. The van der Waals surface area contributed by atoms with E-state index in [0.29, 0.717) is 5.56 Å². The van der Waals surface area contributed by atoms with Crippen LogP contribution in [-0.2, 0) is 6.61 Å². The van der Waals surface area contributed by atoms with Gasteiger partial charge in [-0.2, -0.15) is 0 Å². The fourth-order valence-electron chi connectivity index (χ4n) is 1.51. The van der Waals surface area contributed by atoms with Gasteiger partial charge < -0.3 is 10.5 Å². The minimum Gasteiger partial charge on any atom is -0.486 e. The van der Waals surface area contributed by atoms with Crippen LogP contribution in [0.15, 0.2) is 42.5 Å². The van der Waals surface area contributed by atoms with Gasteiger partial charge in [-0.3, -0.25) is 0 Å². The Hall–Kier alpha value is -2.01. The van der Waals surface area contributed by atoms with Gasteiger partial charge in [0.15, 0.2) is 11.6 Å². The maximum atomic E-state index is 13.7. The monoisotopic (exact) mass is 279 g/mol. The van der Waals surface area contributed by atoms with Gasteiger partial charge in [-0.1, -0.05) is 24.4 Å². The number of benzene rings is 2. The number of hydrogen-bond acceptors (Lipinski definition) is 2. The van der Waals surface area contributed by atoms with Crippen LogP contribution in [0.1, 0.15) is 11.1 Å². The first-order valence-electron chi connectivity index (χ1n) is 5.53. The lowest BCUT2D eigenvalue weighted by Crippen LogP contribution is -2.09. The predicted octanol–water partition coefficient (Wildman–Crippen LogP) is 3.18. The van der Waals surface area contributed by atoms with Gasteiger partial charge >= 0.3 is 0 Å². The number of thiocarbonyl (C=S) groups is 1. The minimum atomic E-state index is -0.535. The molecule has 0 unspecified atom stereocenters. The Bertz CT molecular complexity index is 599. The van der Waals surface area contributed by atoms with Crippen molar-refractivity contribution in [2.24, 2.45) is 5.73 Å². The van der Waals surface area contributed by atoms with E-state index in [-0.39, 0.29) is 23.2 Å². The molecule has 98 valence electrons. The second-order valence-corrected chi connectivity index (χ2v) is 4.36. The fraction of sp³-hybridized carbons (Fsp3) is 0.0714. The maximum absolute atomic E-state index is 13.7. The van der Waals surface area contributed by atoms with Crippen molar-refractivity contribution in [2.75, 3.05) is 0 Å². The number of rotatable bonds is 4. The molecule has 0 aromatic heterocycles. The summed E-state index contributed by atoms with van der Waals surface area (Å²) in [6.07, 6.45) is 0. The van der Waals surface area contributed by atoms with Crippen molar-refractivity contribution in [1.29, 1.82) is 0 Å². The molecule has 19 heavy (non-hydrogen) atoms. The second-order valence-electron chi connectivity index (χ2n) is 3.92. The van der Waals surface area contributed by atoms with E-state index in [2.05, 4.69) is 0 Å². The van der Waals surface area contributed by atoms with Crippen LogP contribution in [0.5, 0.6) is 5.75 Å². The molecule has 0 aliphatic carbocycles. The maximum Gasteiger partial charge on any atom is 0.165 e. The molecule has 5 heteroatoms. The summed E-state index contributed by atoms with van der Waals surface area (Å²) in [4.78, 5) is 0.129. The highest BCUT2D eigenvalue weighted by molar-refractivity contribution is 7.80.